The predicted molar refractivity (Wildman–Crippen MR) is 121 cm³/mol. The number of piperazine rings is 1. The molecule has 3 aromatic rings. The molecule has 1 N–H and O–H groups in total. The maximum Gasteiger partial charge on any atom is 0.321 e. The van der Waals surface area contributed by atoms with E-state index in [1.807, 2.05) is 65.6 Å². The first-order valence-corrected chi connectivity index (χ1v) is 10.5. The van der Waals surface area contributed by atoms with Gasteiger partial charge in [0.05, 0.1) is 10.7 Å². The molecule has 1 saturated heterocycles. The van der Waals surface area contributed by atoms with Crippen LogP contribution in [-0.4, -0.2) is 47.3 Å². The molecule has 1 aromatic heterocycles. The molecule has 1 aliphatic heterocycles. The standard InChI is InChI=1S/C23H24ClN5O/c1-2-17-7-3-6-10-20(17)25-23(30)29-15-13-28(14-16-29)22-12-11-21(26-27-22)18-8-4-5-9-19(18)24/h3-12H,2,13-16H2,1H3,(H,25,30). The fourth-order valence-corrected chi connectivity index (χ4v) is 3.82. The molecule has 154 valence electrons. The summed E-state index contributed by atoms with van der Waals surface area (Å²) >= 11 is 6.25. The minimum absolute atomic E-state index is 0.0595. The van der Waals surface area contributed by atoms with Crippen LogP contribution in [0, 0.1) is 0 Å². The second kappa shape index (κ2) is 9.13. The average Bonchev–Trinajstić information content (AvgIpc) is 2.80. The first kappa shape index (κ1) is 20.2. The van der Waals surface area contributed by atoms with Crippen LogP contribution in [0.25, 0.3) is 11.3 Å². The van der Waals surface area contributed by atoms with Crippen LogP contribution in [0.5, 0.6) is 0 Å². The van der Waals surface area contributed by atoms with Crippen molar-refractivity contribution in [2.45, 2.75) is 13.3 Å². The molecule has 0 bridgehead atoms. The third-order valence-electron chi connectivity index (χ3n) is 5.33. The minimum atomic E-state index is -0.0595. The molecule has 7 heteroatoms. The number of amides is 2. The Morgan fingerprint density at radius 3 is 2.40 bits per heavy atom. The molecule has 2 heterocycles. The number of aryl methyl sites for hydroxylation is 1. The first-order valence-electron chi connectivity index (χ1n) is 10.1. The Morgan fingerprint density at radius 1 is 0.967 bits per heavy atom. The highest BCUT2D eigenvalue weighted by molar-refractivity contribution is 6.33. The van der Waals surface area contributed by atoms with Crippen molar-refractivity contribution in [1.82, 2.24) is 15.1 Å². The van der Waals surface area contributed by atoms with Crippen molar-refractivity contribution in [3.8, 4) is 11.3 Å². The van der Waals surface area contributed by atoms with Crippen LogP contribution in [0.4, 0.5) is 16.3 Å². The molecule has 0 atom stereocenters. The molecule has 30 heavy (non-hydrogen) atoms. The Hall–Kier alpha value is -3.12. The van der Waals surface area contributed by atoms with E-state index in [9.17, 15) is 4.79 Å². The lowest BCUT2D eigenvalue weighted by molar-refractivity contribution is 0.208. The molecule has 4 rings (SSSR count). The molecule has 2 amide bonds. The number of carbonyl (C=O) groups excluding carboxylic acids is 1. The Kier molecular flexibility index (Phi) is 6.14. The molecule has 6 nitrogen and oxygen atoms in total. The lowest BCUT2D eigenvalue weighted by Gasteiger charge is -2.35. The number of benzene rings is 2. The summed E-state index contributed by atoms with van der Waals surface area (Å²) in [5.41, 5.74) is 3.64. The van der Waals surface area contributed by atoms with Gasteiger partial charge in [-0.05, 0) is 36.2 Å². The van der Waals surface area contributed by atoms with Crippen LogP contribution in [0.15, 0.2) is 60.7 Å². The first-order chi connectivity index (χ1) is 14.7. The van der Waals surface area contributed by atoms with Gasteiger partial charge in [0.1, 0.15) is 0 Å². The molecule has 0 aliphatic carbocycles. The van der Waals surface area contributed by atoms with Gasteiger partial charge in [-0.25, -0.2) is 4.79 Å². The van der Waals surface area contributed by atoms with Crippen molar-refractivity contribution in [2.24, 2.45) is 0 Å². The number of halogens is 1. The van der Waals surface area contributed by atoms with Crippen LogP contribution in [0.1, 0.15) is 12.5 Å². The van der Waals surface area contributed by atoms with Crippen LogP contribution in [0.2, 0.25) is 5.02 Å². The van der Waals surface area contributed by atoms with Gasteiger partial charge in [0.15, 0.2) is 5.82 Å². The summed E-state index contributed by atoms with van der Waals surface area (Å²) in [7, 11) is 0. The van der Waals surface area contributed by atoms with Gasteiger partial charge in [0, 0.05) is 37.4 Å². The van der Waals surface area contributed by atoms with Gasteiger partial charge in [-0.3, -0.25) is 0 Å². The number of para-hydroxylation sites is 1. The minimum Gasteiger partial charge on any atom is -0.352 e. The van der Waals surface area contributed by atoms with Gasteiger partial charge in [-0.15, -0.1) is 10.2 Å². The topological polar surface area (TPSA) is 61.4 Å². The fraction of sp³-hybridized carbons (Fsp3) is 0.261. The summed E-state index contributed by atoms with van der Waals surface area (Å²) in [4.78, 5) is 16.7. The van der Waals surface area contributed by atoms with Crippen molar-refractivity contribution in [1.29, 1.82) is 0 Å². The number of urea groups is 1. The monoisotopic (exact) mass is 421 g/mol. The zero-order chi connectivity index (χ0) is 20.9. The van der Waals surface area contributed by atoms with Gasteiger partial charge in [0.2, 0.25) is 0 Å². The molecule has 0 unspecified atom stereocenters. The van der Waals surface area contributed by atoms with Crippen molar-refractivity contribution in [3.63, 3.8) is 0 Å². The summed E-state index contributed by atoms with van der Waals surface area (Å²) in [5.74, 6) is 0.808. The van der Waals surface area contributed by atoms with Gasteiger partial charge >= 0.3 is 6.03 Å². The number of hydrogen-bond acceptors (Lipinski definition) is 4. The van der Waals surface area contributed by atoms with Crippen LogP contribution >= 0.6 is 11.6 Å². The van der Waals surface area contributed by atoms with E-state index in [1.165, 1.54) is 0 Å². The van der Waals surface area contributed by atoms with Crippen molar-refractivity contribution >= 4 is 29.1 Å². The van der Waals surface area contributed by atoms with Gasteiger partial charge in [0.25, 0.3) is 0 Å². The lowest BCUT2D eigenvalue weighted by Crippen LogP contribution is -2.50. The third kappa shape index (κ3) is 4.39. The number of hydrogen-bond donors (Lipinski definition) is 1. The van der Waals surface area contributed by atoms with Crippen molar-refractivity contribution < 1.29 is 4.79 Å². The fourth-order valence-electron chi connectivity index (χ4n) is 3.59. The molecule has 1 fully saturated rings. The summed E-state index contributed by atoms with van der Waals surface area (Å²) in [5, 5.41) is 12.4. The number of nitrogens with zero attached hydrogens (tertiary/aromatic N) is 4. The normalized spacial score (nSPS) is 13.9. The largest absolute Gasteiger partial charge is 0.352 e. The molecular weight excluding hydrogens is 398 g/mol. The third-order valence-corrected chi connectivity index (χ3v) is 5.66. The highest BCUT2D eigenvalue weighted by Gasteiger charge is 2.22. The summed E-state index contributed by atoms with van der Waals surface area (Å²) in [6, 6.07) is 19.4. The van der Waals surface area contributed by atoms with E-state index in [0.717, 1.165) is 34.7 Å². The van der Waals surface area contributed by atoms with Gasteiger partial charge in [-0.1, -0.05) is 54.9 Å². The summed E-state index contributed by atoms with van der Waals surface area (Å²) in [6.07, 6.45) is 0.882. The van der Waals surface area contributed by atoms with Gasteiger partial charge < -0.3 is 15.1 Å². The van der Waals surface area contributed by atoms with E-state index >= 15 is 0 Å². The number of nitrogens with one attached hydrogen (secondary N) is 1. The molecular formula is C23H24ClN5O. The zero-order valence-electron chi connectivity index (χ0n) is 16.9. The molecule has 0 radical (unpaired) electrons. The van der Waals surface area contributed by atoms with E-state index in [1.54, 1.807) is 0 Å². The number of carbonyl (C=O) groups is 1. The second-order valence-electron chi connectivity index (χ2n) is 7.17. The Morgan fingerprint density at radius 2 is 1.70 bits per heavy atom. The van der Waals surface area contributed by atoms with E-state index in [-0.39, 0.29) is 6.03 Å². The van der Waals surface area contributed by atoms with Gasteiger partial charge in [-0.2, -0.15) is 0 Å². The maximum atomic E-state index is 12.7. The predicted octanol–water partition coefficient (Wildman–Crippen LogP) is 4.71. The number of rotatable bonds is 4. The van der Waals surface area contributed by atoms with E-state index in [0.29, 0.717) is 31.2 Å². The molecule has 0 spiro atoms. The van der Waals surface area contributed by atoms with E-state index in [2.05, 4.69) is 27.3 Å². The van der Waals surface area contributed by atoms with E-state index < -0.39 is 0 Å². The Bertz CT molecular complexity index is 1020. The Balaban J connectivity index is 1.36. The highest BCUT2D eigenvalue weighted by atomic mass is 35.5. The van der Waals surface area contributed by atoms with Crippen LogP contribution < -0.4 is 10.2 Å². The SMILES string of the molecule is CCc1ccccc1NC(=O)N1CCN(c2ccc(-c3ccccc3Cl)nn2)CC1. The number of aromatic nitrogens is 2. The lowest BCUT2D eigenvalue weighted by atomic mass is 10.1. The van der Waals surface area contributed by atoms with Crippen molar-refractivity contribution in [2.75, 3.05) is 36.4 Å². The zero-order valence-corrected chi connectivity index (χ0v) is 17.6. The quantitative estimate of drug-likeness (QED) is 0.662. The maximum absolute atomic E-state index is 12.7. The molecule has 0 saturated carbocycles. The van der Waals surface area contributed by atoms with Crippen LogP contribution in [0.3, 0.4) is 0 Å². The second-order valence-corrected chi connectivity index (χ2v) is 7.58. The molecule has 2 aromatic carbocycles. The summed E-state index contributed by atoms with van der Waals surface area (Å²) in [6.45, 7) is 4.77. The Labute approximate surface area is 181 Å². The van der Waals surface area contributed by atoms with Crippen LogP contribution in [-0.2, 0) is 6.42 Å². The smallest absolute Gasteiger partial charge is 0.321 e. The highest BCUT2D eigenvalue weighted by Crippen LogP contribution is 2.26. The average molecular weight is 422 g/mol. The van der Waals surface area contributed by atoms with E-state index in [4.69, 9.17) is 11.6 Å². The number of anilines is 2. The molecule has 1 aliphatic rings. The summed E-state index contributed by atoms with van der Waals surface area (Å²) < 4.78 is 0. The van der Waals surface area contributed by atoms with Crippen molar-refractivity contribution in [3.05, 3.63) is 71.2 Å².